The molecule has 5 heteroatoms. The number of benzene rings is 2. The van der Waals surface area contributed by atoms with Crippen molar-refractivity contribution in [1.82, 2.24) is 10.3 Å². The van der Waals surface area contributed by atoms with Crippen LogP contribution in [0, 0.1) is 13.8 Å². The third-order valence-corrected chi connectivity index (χ3v) is 4.00. The zero-order valence-corrected chi connectivity index (χ0v) is 14.3. The predicted molar refractivity (Wildman–Crippen MR) is 97.0 cm³/mol. The molecule has 1 heterocycles. The normalized spacial score (nSPS) is 10.6. The van der Waals surface area contributed by atoms with Gasteiger partial charge in [0.05, 0.1) is 12.1 Å². The number of hydrogen-bond acceptors (Lipinski definition) is 3. The molecule has 1 aromatic heterocycles. The highest BCUT2D eigenvalue weighted by atomic mass is 16.5. The summed E-state index contributed by atoms with van der Waals surface area (Å²) < 4.78 is 5.54. The quantitative estimate of drug-likeness (QED) is 0.413. The average Bonchev–Trinajstić information content (AvgIpc) is 2.95. The van der Waals surface area contributed by atoms with Crippen molar-refractivity contribution in [2.45, 2.75) is 13.8 Å². The van der Waals surface area contributed by atoms with Gasteiger partial charge in [-0.15, -0.1) is 0 Å². The number of aryl methyl sites for hydroxylation is 2. The Morgan fingerprint density at radius 1 is 1.04 bits per heavy atom. The smallest absolute Gasteiger partial charge is 0.292 e. The molecule has 0 aliphatic heterocycles. The topological polar surface area (TPSA) is 71.2 Å². The van der Waals surface area contributed by atoms with E-state index in [1.165, 1.54) is 0 Å². The van der Waals surface area contributed by atoms with Crippen LogP contribution in [0.25, 0.3) is 10.9 Å². The molecule has 0 unspecified atom stereocenters. The van der Waals surface area contributed by atoms with Gasteiger partial charge in [-0.05, 0) is 32.0 Å². The summed E-state index contributed by atoms with van der Waals surface area (Å²) in [5.41, 5.74) is 3.11. The molecule has 0 bridgehead atoms. The van der Waals surface area contributed by atoms with Gasteiger partial charge in [0.25, 0.3) is 11.7 Å². The lowest BCUT2D eigenvalue weighted by Crippen LogP contribution is -2.34. The van der Waals surface area contributed by atoms with E-state index in [0.29, 0.717) is 17.9 Å². The molecule has 2 aromatic carbocycles. The number of fused-ring (bicyclic) bond motifs is 1. The zero-order valence-electron chi connectivity index (χ0n) is 14.3. The van der Waals surface area contributed by atoms with Crippen LogP contribution >= 0.6 is 0 Å². The minimum atomic E-state index is -0.625. The average molecular weight is 336 g/mol. The Bertz CT molecular complexity index is 910. The minimum Gasteiger partial charge on any atom is -0.492 e. The fraction of sp³-hybridized carbons (Fsp3) is 0.200. The van der Waals surface area contributed by atoms with Crippen molar-refractivity contribution >= 4 is 22.6 Å². The Balaban J connectivity index is 1.58. The molecule has 3 aromatic rings. The number of nitrogens with one attached hydrogen (secondary N) is 2. The molecule has 25 heavy (non-hydrogen) atoms. The Morgan fingerprint density at radius 2 is 1.76 bits per heavy atom. The van der Waals surface area contributed by atoms with Gasteiger partial charge in [-0.25, -0.2) is 0 Å². The number of ether oxygens (including phenoxy) is 1. The number of H-pyrrole nitrogens is 1. The molecule has 0 saturated heterocycles. The van der Waals surface area contributed by atoms with Crippen molar-refractivity contribution < 1.29 is 14.3 Å². The molecule has 1 amide bonds. The minimum absolute atomic E-state index is 0.264. The molecule has 0 fully saturated rings. The maximum absolute atomic E-state index is 12.5. The molecule has 128 valence electrons. The summed E-state index contributed by atoms with van der Waals surface area (Å²) in [6.45, 7) is 4.36. The Labute approximate surface area is 146 Å². The summed E-state index contributed by atoms with van der Waals surface area (Å²) in [5.74, 6) is -0.427. The van der Waals surface area contributed by atoms with E-state index in [1.807, 2.05) is 55.5 Å². The molecule has 5 nitrogen and oxygen atoms in total. The van der Waals surface area contributed by atoms with Crippen molar-refractivity contribution in [2.75, 3.05) is 13.2 Å². The predicted octanol–water partition coefficient (Wildman–Crippen LogP) is 3.16. The SMILES string of the molecule is Cc1ccc(OCCNC(=O)C(=O)c2c(C)[nH]c3ccccc23)cc1. The van der Waals surface area contributed by atoms with E-state index in [9.17, 15) is 9.59 Å². The van der Waals surface area contributed by atoms with Crippen molar-refractivity contribution in [3.8, 4) is 5.75 Å². The van der Waals surface area contributed by atoms with Gasteiger partial charge >= 0.3 is 0 Å². The summed E-state index contributed by atoms with van der Waals surface area (Å²) in [7, 11) is 0. The van der Waals surface area contributed by atoms with Crippen LogP contribution in [0.5, 0.6) is 5.75 Å². The third kappa shape index (κ3) is 3.71. The number of para-hydroxylation sites is 1. The van der Waals surface area contributed by atoms with Crippen LogP contribution < -0.4 is 10.1 Å². The fourth-order valence-corrected chi connectivity index (χ4v) is 2.73. The van der Waals surface area contributed by atoms with Crippen molar-refractivity contribution in [3.63, 3.8) is 0 Å². The summed E-state index contributed by atoms with van der Waals surface area (Å²) in [4.78, 5) is 27.8. The summed E-state index contributed by atoms with van der Waals surface area (Å²) in [5, 5.41) is 3.38. The van der Waals surface area contributed by atoms with Gasteiger partial charge in [-0.2, -0.15) is 0 Å². The van der Waals surface area contributed by atoms with Gasteiger partial charge in [-0.1, -0.05) is 35.9 Å². The molecule has 0 spiro atoms. The van der Waals surface area contributed by atoms with Crippen molar-refractivity contribution in [1.29, 1.82) is 0 Å². The Kier molecular flexibility index (Phi) is 4.84. The zero-order chi connectivity index (χ0) is 17.8. The molecule has 0 radical (unpaired) electrons. The highest BCUT2D eigenvalue weighted by Crippen LogP contribution is 2.22. The van der Waals surface area contributed by atoms with Crippen LogP contribution in [0.4, 0.5) is 0 Å². The van der Waals surface area contributed by atoms with Gasteiger partial charge < -0.3 is 15.0 Å². The van der Waals surface area contributed by atoms with Crippen LogP contribution in [0.2, 0.25) is 0 Å². The first-order valence-corrected chi connectivity index (χ1v) is 8.15. The monoisotopic (exact) mass is 336 g/mol. The fourth-order valence-electron chi connectivity index (χ4n) is 2.73. The van der Waals surface area contributed by atoms with Crippen molar-refractivity contribution in [2.24, 2.45) is 0 Å². The molecule has 2 N–H and O–H groups in total. The maximum Gasteiger partial charge on any atom is 0.292 e. The lowest BCUT2D eigenvalue weighted by molar-refractivity contribution is -0.117. The molecule has 0 atom stereocenters. The number of ketones is 1. The standard InChI is InChI=1S/C20H20N2O3/c1-13-7-9-15(10-8-13)25-12-11-21-20(24)19(23)18-14(2)22-17-6-4-3-5-16(17)18/h3-10,22H,11-12H2,1-2H3,(H,21,24). The molecular weight excluding hydrogens is 316 g/mol. The van der Waals surface area contributed by atoms with Crippen LogP contribution in [0.3, 0.4) is 0 Å². The van der Waals surface area contributed by atoms with Crippen LogP contribution in [0.1, 0.15) is 21.6 Å². The van der Waals surface area contributed by atoms with Gasteiger partial charge in [0.15, 0.2) is 0 Å². The van der Waals surface area contributed by atoms with E-state index in [0.717, 1.165) is 22.2 Å². The molecule has 3 rings (SSSR count). The van der Waals surface area contributed by atoms with Gasteiger partial charge in [0, 0.05) is 16.6 Å². The van der Waals surface area contributed by atoms with Crippen LogP contribution in [-0.2, 0) is 4.79 Å². The van der Waals surface area contributed by atoms with Gasteiger partial charge in [0.1, 0.15) is 12.4 Å². The summed E-state index contributed by atoms with van der Waals surface area (Å²) >= 11 is 0. The first-order chi connectivity index (χ1) is 12.1. The van der Waals surface area contributed by atoms with E-state index in [-0.39, 0.29) is 6.54 Å². The molecule has 0 aliphatic rings. The number of hydrogen-bond donors (Lipinski definition) is 2. The number of aromatic nitrogens is 1. The summed E-state index contributed by atoms with van der Waals surface area (Å²) in [6.07, 6.45) is 0. The van der Waals surface area contributed by atoms with Crippen LogP contribution in [0.15, 0.2) is 48.5 Å². The highest BCUT2D eigenvalue weighted by Gasteiger charge is 2.22. The van der Waals surface area contributed by atoms with E-state index in [2.05, 4.69) is 10.3 Å². The number of carbonyl (C=O) groups is 2. The highest BCUT2D eigenvalue weighted by molar-refractivity contribution is 6.45. The summed E-state index contributed by atoms with van der Waals surface area (Å²) in [6, 6.07) is 15.1. The molecule has 0 aliphatic carbocycles. The Morgan fingerprint density at radius 3 is 2.52 bits per heavy atom. The largest absolute Gasteiger partial charge is 0.492 e. The van der Waals surface area contributed by atoms with Gasteiger partial charge in [0.2, 0.25) is 0 Å². The second kappa shape index (κ2) is 7.21. The molecule has 0 saturated carbocycles. The lowest BCUT2D eigenvalue weighted by Gasteiger charge is -2.08. The van der Waals surface area contributed by atoms with E-state index < -0.39 is 11.7 Å². The number of amides is 1. The Hall–Kier alpha value is -3.08. The van der Waals surface area contributed by atoms with E-state index in [4.69, 9.17) is 4.74 Å². The third-order valence-electron chi connectivity index (χ3n) is 4.00. The number of rotatable bonds is 6. The number of carbonyl (C=O) groups excluding carboxylic acids is 2. The second-order valence-corrected chi connectivity index (χ2v) is 5.92. The lowest BCUT2D eigenvalue weighted by atomic mass is 10.1. The molecular formula is C20H20N2O3. The first-order valence-electron chi connectivity index (χ1n) is 8.15. The van der Waals surface area contributed by atoms with Crippen molar-refractivity contribution in [3.05, 3.63) is 65.4 Å². The number of Topliss-reactive ketones (excluding diaryl/α,β-unsaturated/α-hetero) is 1. The second-order valence-electron chi connectivity index (χ2n) is 5.92. The van der Waals surface area contributed by atoms with Crippen LogP contribution in [-0.4, -0.2) is 29.8 Å². The maximum atomic E-state index is 12.5. The van der Waals surface area contributed by atoms with E-state index in [1.54, 1.807) is 6.92 Å². The first kappa shape index (κ1) is 16.8. The van der Waals surface area contributed by atoms with E-state index >= 15 is 0 Å². The van der Waals surface area contributed by atoms with Gasteiger partial charge in [-0.3, -0.25) is 9.59 Å². The number of aromatic amines is 1.